The van der Waals surface area contributed by atoms with E-state index in [1.54, 1.807) is 0 Å². The van der Waals surface area contributed by atoms with Crippen LogP contribution in [-0.4, -0.2) is 60.4 Å². The molecule has 1 unspecified atom stereocenters. The maximum absolute atomic E-state index is 13.7. The van der Waals surface area contributed by atoms with Crippen molar-refractivity contribution in [1.29, 1.82) is 0 Å². The van der Waals surface area contributed by atoms with E-state index in [2.05, 4.69) is 5.32 Å². The Kier molecular flexibility index (Phi) is 4.25. The van der Waals surface area contributed by atoms with E-state index in [4.69, 9.17) is 0 Å². The topological polar surface area (TPSA) is 52.7 Å². The van der Waals surface area contributed by atoms with Crippen molar-refractivity contribution in [2.75, 3.05) is 32.7 Å². The quantitative estimate of drug-likeness (QED) is 0.795. The molecule has 1 atom stereocenters. The molecule has 0 saturated carbocycles. The van der Waals surface area contributed by atoms with Gasteiger partial charge in [-0.1, -0.05) is 6.07 Å². The standard InChI is InChI=1S/C15H16F3N3O2/c16-10-2-1-9(13(17)14(10)18)7-12(22)21-6-5-20-4-3-19-15(23)11(20)8-21/h1-2,11H,3-8H2,(H,19,23). The molecule has 2 aliphatic rings. The molecule has 1 aromatic carbocycles. The molecule has 1 N–H and O–H groups in total. The van der Waals surface area contributed by atoms with Crippen LogP contribution in [-0.2, 0) is 16.0 Å². The Morgan fingerprint density at radius 2 is 1.96 bits per heavy atom. The molecule has 2 fully saturated rings. The second-order valence-electron chi connectivity index (χ2n) is 5.69. The number of amides is 2. The van der Waals surface area contributed by atoms with E-state index in [0.29, 0.717) is 19.6 Å². The van der Waals surface area contributed by atoms with Crippen LogP contribution in [0.15, 0.2) is 12.1 Å². The van der Waals surface area contributed by atoms with E-state index in [0.717, 1.165) is 18.7 Å². The smallest absolute Gasteiger partial charge is 0.239 e. The van der Waals surface area contributed by atoms with Gasteiger partial charge in [0, 0.05) is 38.3 Å². The summed E-state index contributed by atoms with van der Waals surface area (Å²) in [6.07, 6.45) is -0.364. The lowest BCUT2D eigenvalue weighted by atomic mass is 10.1. The number of halogens is 3. The lowest BCUT2D eigenvalue weighted by molar-refractivity contribution is -0.139. The molecule has 3 rings (SSSR count). The Labute approximate surface area is 131 Å². The van der Waals surface area contributed by atoms with Crippen LogP contribution in [0.4, 0.5) is 13.2 Å². The fourth-order valence-corrected chi connectivity index (χ4v) is 2.98. The van der Waals surface area contributed by atoms with E-state index in [1.165, 1.54) is 4.90 Å². The van der Waals surface area contributed by atoms with Gasteiger partial charge in [0.2, 0.25) is 11.8 Å². The van der Waals surface area contributed by atoms with Crippen LogP contribution in [0.2, 0.25) is 0 Å². The monoisotopic (exact) mass is 327 g/mol. The molecule has 2 amide bonds. The predicted molar refractivity (Wildman–Crippen MR) is 75.0 cm³/mol. The summed E-state index contributed by atoms with van der Waals surface area (Å²) < 4.78 is 39.8. The molecule has 0 spiro atoms. The van der Waals surface area contributed by atoms with Crippen LogP contribution in [0.5, 0.6) is 0 Å². The lowest BCUT2D eigenvalue weighted by Gasteiger charge is -2.43. The minimum atomic E-state index is -1.58. The van der Waals surface area contributed by atoms with Gasteiger partial charge in [0.05, 0.1) is 6.42 Å². The van der Waals surface area contributed by atoms with Crippen LogP contribution >= 0.6 is 0 Å². The highest BCUT2D eigenvalue weighted by Crippen LogP contribution is 2.18. The first kappa shape index (κ1) is 15.8. The maximum atomic E-state index is 13.7. The van der Waals surface area contributed by atoms with Crippen molar-refractivity contribution in [1.82, 2.24) is 15.1 Å². The Bertz CT molecular complexity index is 653. The summed E-state index contributed by atoms with van der Waals surface area (Å²) >= 11 is 0. The highest BCUT2D eigenvalue weighted by molar-refractivity contribution is 5.85. The van der Waals surface area contributed by atoms with Gasteiger partial charge in [-0.2, -0.15) is 0 Å². The summed E-state index contributed by atoms with van der Waals surface area (Å²) in [5.74, 6) is -4.74. The van der Waals surface area contributed by atoms with Crippen molar-refractivity contribution in [3.63, 3.8) is 0 Å². The van der Waals surface area contributed by atoms with Gasteiger partial charge >= 0.3 is 0 Å². The number of carbonyl (C=O) groups excluding carboxylic acids is 2. The van der Waals surface area contributed by atoms with Crippen molar-refractivity contribution in [3.05, 3.63) is 35.1 Å². The summed E-state index contributed by atoms with van der Waals surface area (Å²) in [5.41, 5.74) is -0.190. The second kappa shape index (κ2) is 6.19. The zero-order valence-corrected chi connectivity index (χ0v) is 12.3. The van der Waals surface area contributed by atoms with Gasteiger partial charge in [0.15, 0.2) is 17.5 Å². The summed E-state index contributed by atoms with van der Waals surface area (Å²) in [5, 5.41) is 2.74. The number of hydrogen-bond acceptors (Lipinski definition) is 3. The Morgan fingerprint density at radius 1 is 1.17 bits per heavy atom. The van der Waals surface area contributed by atoms with E-state index in [1.807, 2.05) is 4.90 Å². The van der Waals surface area contributed by atoms with Crippen molar-refractivity contribution >= 4 is 11.8 Å². The van der Waals surface area contributed by atoms with Gasteiger partial charge in [-0.15, -0.1) is 0 Å². The number of benzene rings is 1. The molecule has 23 heavy (non-hydrogen) atoms. The van der Waals surface area contributed by atoms with Gasteiger partial charge < -0.3 is 10.2 Å². The first-order valence-corrected chi connectivity index (χ1v) is 7.39. The Balaban J connectivity index is 1.69. The van der Waals surface area contributed by atoms with E-state index in [9.17, 15) is 22.8 Å². The van der Waals surface area contributed by atoms with Gasteiger partial charge in [-0.3, -0.25) is 14.5 Å². The minimum Gasteiger partial charge on any atom is -0.353 e. The van der Waals surface area contributed by atoms with Gasteiger partial charge in [0.25, 0.3) is 0 Å². The van der Waals surface area contributed by atoms with Crippen molar-refractivity contribution in [3.8, 4) is 0 Å². The average Bonchev–Trinajstić information content (AvgIpc) is 2.55. The fraction of sp³-hybridized carbons (Fsp3) is 0.467. The van der Waals surface area contributed by atoms with Crippen LogP contribution < -0.4 is 5.32 Å². The zero-order chi connectivity index (χ0) is 16.6. The first-order chi connectivity index (χ1) is 11.0. The number of piperazine rings is 2. The maximum Gasteiger partial charge on any atom is 0.239 e. The van der Waals surface area contributed by atoms with Crippen LogP contribution in [0.3, 0.4) is 0 Å². The predicted octanol–water partition coefficient (Wildman–Crippen LogP) is 0.289. The summed E-state index contributed by atoms with van der Waals surface area (Å²) in [7, 11) is 0. The third-order valence-electron chi connectivity index (χ3n) is 4.30. The Morgan fingerprint density at radius 3 is 2.74 bits per heavy atom. The molecule has 8 heteroatoms. The normalized spacial score (nSPS) is 21.8. The molecular weight excluding hydrogens is 311 g/mol. The molecule has 2 heterocycles. The molecule has 0 aromatic heterocycles. The summed E-state index contributed by atoms with van der Waals surface area (Å²) in [4.78, 5) is 27.6. The van der Waals surface area contributed by atoms with Crippen LogP contribution in [0, 0.1) is 17.5 Å². The first-order valence-electron chi connectivity index (χ1n) is 7.39. The summed E-state index contributed by atoms with van der Waals surface area (Å²) in [6, 6.07) is 1.46. The number of carbonyl (C=O) groups is 2. The number of fused-ring (bicyclic) bond motifs is 1. The number of hydrogen-bond donors (Lipinski definition) is 1. The second-order valence-corrected chi connectivity index (χ2v) is 5.69. The van der Waals surface area contributed by atoms with Crippen molar-refractivity contribution in [2.24, 2.45) is 0 Å². The largest absolute Gasteiger partial charge is 0.353 e. The lowest BCUT2D eigenvalue weighted by Crippen LogP contribution is -2.64. The number of rotatable bonds is 2. The van der Waals surface area contributed by atoms with Crippen LogP contribution in [0.25, 0.3) is 0 Å². The van der Waals surface area contributed by atoms with Gasteiger partial charge in [0.1, 0.15) is 6.04 Å². The molecule has 5 nitrogen and oxygen atoms in total. The number of nitrogens with zero attached hydrogens (tertiary/aromatic N) is 2. The molecule has 0 aliphatic carbocycles. The summed E-state index contributed by atoms with van der Waals surface area (Å²) in [6.45, 7) is 2.52. The molecule has 2 aliphatic heterocycles. The third kappa shape index (κ3) is 3.03. The van der Waals surface area contributed by atoms with Crippen LogP contribution in [0.1, 0.15) is 5.56 Å². The van der Waals surface area contributed by atoms with E-state index >= 15 is 0 Å². The zero-order valence-electron chi connectivity index (χ0n) is 12.3. The minimum absolute atomic E-state index is 0.132. The highest BCUT2D eigenvalue weighted by Gasteiger charge is 2.36. The van der Waals surface area contributed by atoms with E-state index in [-0.39, 0.29) is 24.4 Å². The highest BCUT2D eigenvalue weighted by atomic mass is 19.2. The van der Waals surface area contributed by atoms with Gasteiger partial charge in [-0.05, 0) is 6.07 Å². The number of nitrogens with one attached hydrogen (secondary N) is 1. The van der Waals surface area contributed by atoms with Gasteiger partial charge in [-0.25, -0.2) is 13.2 Å². The van der Waals surface area contributed by atoms with Crippen molar-refractivity contribution in [2.45, 2.75) is 12.5 Å². The SMILES string of the molecule is O=C1NCCN2CCN(C(=O)Cc3ccc(F)c(F)c3F)CC12. The third-order valence-corrected chi connectivity index (χ3v) is 4.30. The molecule has 124 valence electrons. The molecule has 0 bridgehead atoms. The molecule has 1 aromatic rings. The molecular formula is C15H16F3N3O2. The fourth-order valence-electron chi connectivity index (χ4n) is 2.98. The average molecular weight is 327 g/mol. The molecule has 2 saturated heterocycles. The molecule has 0 radical (unpaired) electrons. The Hall–Kier alpha value is -2.09. The van der Waals surface area contributed by atoms with Crippen molar-refractivity contribution < 1.29 is 22.8 Å². The van der Waals surface area contributed by atoms with E-state index < -0.39 is 29.4 Å².